The number of rotatable bonds is 8. The largest absolute Gasteiger partial charge is 0.476 e. The van der Waals surface area contributed by atoms with E-state index in [2.05, 4.69) is 9.97 Å². The molecule has 1 aromatic heterocycles. The molecule has 0 atom stereocenters. The molecule has 0 aliphatic carbocycles. The number of aromatic carboxylic acids is 1. The minimum atomic E-state index is -1.10. The van der Waals surface area contributed by atoms with Gasteiger partial charge in [-0.2, -0.15) is 0 Å². The van der Waals surface area contributed by atoms with Crippen LogP contribution < -0.4 is 4.90 Å². The fourth-order valence-electron chi connectivity index (χ4n) is 1.44. The Labute approximate surface area is 105 Å². The summed E-state index contributed by atoms with van der Waals surface area (Å²) in [4.78, 5) is 20.8. The highest BCUT2D eigenvalue weighted by molar-refractivity contribution is 5.90. The Morgan fingerprint density at radius 3 is 2.28 bits per heavy atom. The third-order valence-corrected chi connectivity index (χ3v) is 2.31. The summed E-state index contributed by atoms with van der Waals surface area (Å²) in [5, 5.41) is 9.07. The molecule has 0 radical (unpaired) electrons. The quantitative estimate of drug-likeness (QED) is 0.713. The standard InChI is InChI=1S/C11H17N3O4/c1-17-7-5-14(6-8-18-2)10-9(11(15)16)12-3-4-13-10/h3-4H,5-8H2,1-2H3,(H,15,16). The Bertz CT molecular complexity index is 378. The summed E-state index contributed by atoms with van der Waals surface area (Å²) in [5.74, 6) is -0.767. The molecule has 0 fully saturated rings. The maximum Gasteiger partial charge on any atom is 0.358 e. The Morgan fingerprint density at radius 1 is 1.22 bits per heavy atom. The minimum absolute atomic E-state index is 0.0651. The SMILES string of the molecule is COCCN(CCOC)c1nccnc1C(=O)O. The van der Waals surface area contributed by atoms with Crippen molar-refractivity contribution in [3.05, 3.63) is 18.1 Å². The minimum Gasteiger partial charge on any atom is -0.476 e. The van der Waals surface area contributed by atoms with Gasteiger partial charge in [0.1, 0.15) is 0 Å². The maximum atomic E-state index is 11.1. The second-order valence-corrected chi connectivity index (χ2v) is 3.51. The number of hydrogen-bond acceptors (Lipinski definition) is 6. The molecule has 0 aromatic carbocycles. The summed E-state index contributed by atoms with van der Waals surface area (Å²) in [5.41, 5.74) is -0.0651. The highest BCUT2D eigenvalue weighted by Gasteiger charge is 2.18. The summed E-state index contributed by atoms with van der Waals surface area (Å²) in [6.45, 7) is 2.00. The second-order valence-electron chi connectivity index (χ2n) is 3.51. The van der Waals surface area contributed by atoms with Gasteiger partial charge < -0.3 is 19.5 Å². The lowest BCUT2D eigenvalue weighted by molar-refractivity contribution is 0.0690. The van der Waals surface area contributed by atoms with Crippen molar-refractivity contribution >= 4 is 11.8 Å². The van der Waals surface area contributed by atoms with Crippen molar-refractivity contribution in [3.8, 4) is 0 Å². The lowest BCUT2D eigenvalue weighted by Crippen LogP contribution is -2.33. The number of nitrogens with zero attached hydrogens (tertiary/aromatic N) is 3. The van der Waals surface area contributed by atoms with Gasteiger partial charge in [0.05, 0.1) is 13.2 Å². The molecule has 0 amide bonds. The van der Waals surface area contributed by atoms with Crippen LogP contribution in [0.2, 0.25) is 0 Å². The number of hydrogen-bond donors (Lipinski definition) is 1. The number of carboxylic acid groups (broad SMARTS) is 1. The number of anilines is 1. The van der Waals surface area contributed by atoms with Crippen LogP contribution in [0, 0.1) is 0 Å². The van der Waals surface area contributed by atoms with Gasteiger partial charge in [-0.1, -0.05) is 0 Å². The van der Waals surface area contributed by atoms with Crippen LogP contribution in [0.25, 0.3) is 0 Å². The molecule has 0 aliphatic heterocycles. The predicted octanol–water partition coefficient (Wildman–Crippen LogP) is 0.274. The fraction of sp³-hybridized carbons (Fsp3) is 0.545. The van der Waals surface area contributed by atoms with Crippen molar-refractivity contribution < 1.29 is 19.4 Å². The smallest absolute Gasteiger partial charge is 0.358 e. The number of ether oxygens (including phenoxy) is 2. The van der Waals surface area contributed by atoms with Crippen molar-refractivity contribution in [2.45, 2.75) is 0 Å². The van der Waals surface area contributed by atoms with Gasteiger partial charge in [0, 0.05) is 39.7 Å². The van der Waals surface area contributed by atoms with Crippen molar-refractivity contribution in [2.24, 2.45) is 0 Å². The van der Waals surface area contributed by atoms with E-state index < -0.39 is 5.97 Å². The van der Waals surface area contributed by atoms with Crippen LogP contribution in [0.5, 0.6) is 0 Å². The topological polar surface area (TPSA) is 84.8 Å². The average molecular weight is 255 g/mol. The van der Waals surface area contributed by atoms with Gasteiger partial charge in [0.15, 0.2) is 11.5 Å². The first-order chi connectivity index (χ1) is 8.70. The molecule has 1 N–H and O–H groups in total. The van der Waals surface area contributed by atoms with Gasteiger partial charge in [-0.25, -0.2) is 14.8 Å². The summed E-state index contributed by atoms with van der Waals surface area (Å²) < 4.78 is 9.99. The number of methoxy groups -OCH3 is 2. The molecule has 0 aliphatic rings. The molecule has 1 aromatic rings. The average Bonchev–Trinajstić information content (AvgIpc) is 2.39. The summed E-state index contributed by atoms with van der Waals surface area (Å²) in [7, 11) is 3.17. The van der Waals surface area contributed by atoms with Crippen LogP contribution in [0.15, 0.2) is 12.4 Å². The van der Waals surface area contributed by atoms with Crippen LogP contribution in [-0.2, 0) is 9.47 Å². The Morgan fingerprint density at radius 2 is 1.78 bits per heavy atom. The number of aromatic nitrogens is 2. The lowest BCUT2D eigenvalue weighted by Gasteiger charge is -2.23. The van der Waals surface area contributed by atoms with Gasteiger partial charge in [-0.3, -0.25) is 0 Å². The number of carboxylic acids is 1. The molecule has 1 rings (SSSR count). The van der Waals surface area contributed by atoms with Crippen LogP contribution >= 0.6 is 0 Å². The fourth-order valence-corrected chi connectivity index (χ4v) is 1.44. The normalized spacial score (nSPS) is 10.3. The zero-order valence-corrected chi connectivity index (χ0v) is 10.5. The van der Waals surface area contributed by atoms with Crippen LogP contribution in [-0.4, -0.2) is 61.6 Å². The summed E-state index contributed by atoms with van der Waals surface area (Å²) in [6.07, 6.45) is 2.83. The van der Waals surface area contributed by atoms with Crippen LogP contribution in [0.3, 0.4) is 0 Å². The molecule has 0 spiro atoms. The van der Waals surface area contributed by atoms with Crippen molar-refractivity contribution in [2.75, 3.05) is 45.4 Å². The van der Waals surface area contributed by atoms with Crippen molar-refractivity contribution in [1.82, 2.24) is 9.97 Å². The first kappa shape index (κ1) is 14.3. The molecule has 7 heteroatoms. The van der Waals surface area contributed by atoms with E-state index in [1.807, 2.05) is 0 Å². The Balaban J connectivity index is 2.92. The zero-order chi connectivity index (χ0) is 13.4. The molecule has 0 bridgehead atoms. The van der Waals surface area contributed by atoms with Crippen LogP contribution in [0.1, 0.15) is 10.5 Å². The van der Waals surface area contributed by atoms with Gasteiger partial charge in [-0.05, 0) is 0 Å². The van der Waals surface area contributed by atoms with Crippen molar-refractivity contribution in [3.63, 3.8) is 0 Å². The molecule has 0 saturated carbocycles. The highest BCUT2D eigenvalue weighted by Crippen LogP contribution is 2.14. The lowest BCUT2D eigenvalue weighted by atomic mass is 10.3. The molecule has 0 unspecified atom stereocenters. The van der Waals surface area contributed by atoms with E-state index in [1.54, 1.807) is 19.1 Å². The first-order valence-corrected chi connectivity index (χ1v) is 5.47. The van der Waals surface area contributed by atoms with E-state index in [4.69, 9.17) is 14.6 Å². The summed E-state index contributed by atoms with van der Waals surface area (Å²) in [6, 6.07) is 0. The van der Waals surface area contributed by atoms with Crippen molar-refractivity contribution in [1.29, 1.82) is 0 Å². The molecular formula is C11H17N3O4. The van der Waals surface area contributed by atoms with E-state index >= 15 is 0 Å². The predicted molar refractivity (Wildman–Crippen MR) is 65.0 cm³/mol. The van der Waals surface area contributed by atoms with Gasteiger partial charge in [0.25, 0.3) is 0 Å². The molecule has 1 heterocycles. The van der Waals surface area contributed by atoms with Crippen LogP contribution in [0.4, 0.5) is 5.82 Å². The van der Waals surface area contributed by atoms with E-state index in [-0.39, 0.29) is 5.69 Å². The second kappa shape index (κ2) is 7.57. The van der Waals surface area contributed by atoms with Gasteiger partial charge >= 0.3 is 5.97 Å². The van der Waals surface area contributed by atoms with Gasteiger partial charge in [-0.15, -0.1) is 0 Å². The Hall–Kier alpha value is -1.73. The van der Waals surface area contributed by atoms with Gasteiger partial charge in [0.2, 0.25) is 0 Å². The molecule has 7 nitrogen and oxygen atoms in total. The molecule has 18 heavy (non-hydrogen) atoms. The highest BCUT2D eigenvalue weighted by atomic mass is 16.5. The summed E-state index contributed by atoms with van der Waals surface area (Å²) >= 11 is 0. The zero-order valence-electron chi connectivity index (χ0n) is 10.5. The van der Waals surface area contributed by atoms with E-state index in [0.717, 1.165) is 0 Å². The third-order valence-electron chi connectivity index (χ3n) is 2.31. The number of carbonyl (C=O) groups is 1. The molecular weight excluding hydrogens is 238 g/mol. The van der Waals surface area contributed by atoms with E-state index in [0.29, 0.717) is 32.1 Å². The Kier molecular flexibility index (Phi) is 6.03. The first-order valence-electron chi connectivity index (χ1n) is 5.47. The molecule has 100 valence electrons. The molecule has 0 saturated heterocycles. The third kappa shape index (κ3) is 3.94. The van der Waals surface area contributed by atoms with E-state index in [1.165, 1.54) is 12.4 Å². The monoisotopic (exact) mass is 255 g/mol. The maximum absolute atomic E-state index is 11.1. The van der Waals surface area contributed by atoms with E-state index in [9.17, 15) is 4.79 Å².